The van der Waals surface area contributed by atoms with E-state index in [4.69, 9.17) is 5.73 Å². The van der Waals surface area contributed by atoms with Gasteiger partial charge < -0.3 is 10.6 Å². The van der Waals surface area contributed by atoms with Crippen LogP contribution in [-0.2, 0) is 0 Å². The number of para-hydroxylation sites is 1. The summed E-state index contributed by atoms with van der Waals surface area (Å²) in [4.78, 5) is 2.43. The fourth-order valence-electron chi connectivity index (χ4n) is 2.32. The van der Waals surface area contributed by atoms with Gasteiger partial charge in [0.25, 0.3) is 0 Å². The zero-order valence-electron chi connectivity index (χ0n) is 10.3. The number of aryl methyl sites for hydroxylation is 1. The summed E-state index contributed by atoms with van der Waals surface area (Å²) in [5, 5.41) is 0. The third kappa shape index (κ3) is 2.29. The van der Waals surface area contributed by atoms with E-state index in [2.05, 4.69) is 31.7 Å². The summed E-state index contributed by atoms with van der Waals surface area (Å²) in [5.41, 5.74) is 9.51. The van der Waals surface area contributed by atoms with Crippen LogP contribution in [0, 0.1) is 6.92 Å². The number of nitrogens with zero attached hydrogens (tertiary/aromatic N) is 1. The number of rotatable bonds is 1. The maximum Gasteiger partial charge on any atom is 0.0630 e. The second kappa shape index (κ2) is 4.21. The van der Waals surface area contributed by atoms with Crippen molar-refractivity contribution < 1.29 is 0 Å². The van der Waals surface area contributed by atoms with Crippen LogP contribution in [0.2, 0.25) is 0 Å². The standard InChI is InChI=1S/C13H20N2S/c1-10-5-4-6-11(14)12(10)15-7-8-16-13(2,3)9-15/h4-6H,7-9,14H2,1-3H3. The summed E-state index contributed by atoms with van der Waals surface area (Å²) in [6.07, 6.45) is 0. The minimum Gasteiger partial charge on any atom is -0.397 e. The lowest BCUT2D eigenvalue weighted by molar-refractivity contribution is 0.647. The number of thioether (sulfide) groups is 1. The molecule has 1 aromatic carbocycles. The Hall–Kier alpha value is -0.830. The second-order valence-corrected chi connectivity index (χ2v) is 6.84. The van der Waals surface area contributed by atoms with E-state index in [0.29, 0.717) is 4.75 Å². The molecular formula is C13H20N2S. The first-order chi connectivity index (χ1) is 7.49. The number of nitrogens with two attached hydrogens (primary N) is 1. The maximum atomic E-state index is 6.09. The van der Waals surface area contributed by atoms with Gasteiger partial charge in [-0.15, -0.1) is 0 Å². The van der Waals surface area contributed by atoms with Crippen LogP contribution < -0.4 is 10.6 Å². The van der Waals surface area contributed by atoms with E-state index in [0.717, 1.165) is 18.8 Å². The normalized spacial score (nSPS) is 19.8. The molecule has 3 heteroatoms. The largest absolute Gasteiger partial charge is 0.397 e. The molecule has 1 aliphatic rings. The van der Waals surface area contributed by atoms with Gasteiger partial charge in [0.2, 0.25) is 0 Å². The molecular weight excluding hydrogens is 216 g/mol. The molecule has 1 heterocycles. The lowest BCUT2D eigenvalue weighted by Crippen LogP contribution is -2.43. The third-order valence-electron chi connectivity index (χ3n) is 3.01. The molecule has 0 amide bonds. The van der Waals surface area contributed by atoms with Gasteiger partial charge in [-0.2, -0.15) is 11.8 Å². The number of anilines is 2. The van der Waals surface area contributed by atoms with Gasteiger partial charge in [-0.3, -0.25) is 0 Å². The van der Waals surface area contributed by atoms with Crippen molar-refractivity contribution in [2.75, 3.05) is 29.5 Å². The average molecular weight is 236 g/mol. The Balaban J connectivity index is 2.30. The zero-order chi connectivity index (χ0) is 11.8. The number of hydrogen-bond donors (Lipinski definition) is 1. The van der Waals surface area contributed by atoms with E-state index in [1.807, 2.05) is 23.9 Å². The quantitative estimate of drug-likeness (QED) is 0.760. The lowest BCUT2D eigenvalue weighted by atomic mass is 10.1. The van der Waals surface area contributed by atoms with Crippen LogP contribution in [0.4, 0.5) is 11.4 Å². The predicted octanol–water partition coefficient (Wildman–Crippen LogP) is 2.91. The predicted molar refractivity (Wildman–Crippen MR) is 74.3 cm³/mol. The van der Waals surface area contributed by atoms with Crippen LogP contribution in [0.25, 0.3) is 0 Å². The van der Waals surface area contributed by atoms with Crippen LogP contribution in [0.1, 0.15) is 19.4 Å². The summed E-state index contributed by atoms with van der Waals surface area (Å²) in [6, 6.07) is 6.16. The Morgan fingerprint density at radius 2 is 2.12 bits per heavy atom. The van der Waals surface area contributed by atoms with Gasteiger partial charge in [0, 0.05) is 23.6 Å². The van der Waals surface area contributed by atoms with Gasteiger partial charge in [0.05, 0.1) is 11.4 Å². The van der Waals surface area contributed by atoms with Crippen molar-refractivity contribution in [2.45, 2.75) is 25.5 Å². The molecule has 0 radical (unpaired) electrons. The van der Waals surface area contributed by atoms with E-state index in [1.165, 1.54) is 17.0 Å². The molecule has 1 saturated heterocycles. The summed E-state index contributed by atoms with van der Waals surface area (Å²) in [6.45, 7) is 8.92. The van der Waals surface area contributed by atoms with Gasteiger partial charge in [0.15, 0.2) is 0 Å². The highest BCUT2D eigenvalue weighted by Gasteiger charge is 2.28. The summed E-state index contributed by atoms with van der Waals surface area (Å²) in [5.74, 6) is 1.18. The van der Waals surface area contributed by atoms with Crippen molar-refractivity contribution in [2.24, 2.45) is 0 Å². The molecule has 2 nitrogen and oxygen atoms in total. The Morgan fingerprint density at radius 3 is 2.75 bits per heavy atom. The molecule has 0 atom stereocenters. The van der Waals surface area contributed by atoms with E-state index < -0.39 is 0 Å². The van der Waals surface area contributed by atoms with E-state index >= 15 is 0 Å². The van der Waals surface area contributed by atoms with Crippen molar-refractivity contribution in [1.82, 2.24) is 0 Å². The van der Waals surface area contributed by atoms with Gasteiger partial charge in [-0.1, -0.05) is 12.1 Å². The van der Waals surface area contributed by atoms with Crippen molar-refractivity contribution in [3.8, 4) is 0 Å². The molecule has 2 N–H and O–H groups in total. The van der Waals surface area contributed by atoms with Crippen molar-refractivity contribution in [1.29, 1.82) is 0 Å². The minimum absolute atomic E-state index is 0.326. The van der Waals surface area contributed by atoms with Crippen molar-refractivity contribution in [3.63, 3.8) is 0 Å². The molecule has 1 aromatic rings. The number of benzene rings is 1. The van der Waals surface area contributed by atoms with Gasteiger partial charge in [-0.05, 0) is 32.4 Å². The number of hydrogen-bond acceptors (Lipinski definition) is 3. The first-order valence-electron chi connectivity index (χ1n) is 5.74. The highest BCUT2D eigenvalue weighted by Crippen LogP contribution is 2.35. The first-order valence-corrected chi connectivity index (χ1v) is 6.72. The average Bonchev–Trinajstić information content (AvgIpc) is 2.15. The van der Waals surface area contributed by atoms with Crippen LogP contribution >= 0.6 is 11.8 Å². The smallest absolute Gasteiger partial charge is 0.0630 e. The third-order valence-corrected chi connectivity index (χ3v) is 4.31. The topological polar surface area (TPSA) is 29.3 Å². The van der Waals surface area contributed by atoms with Crippen LogP contribution in [0.5, 0.6) is 0 Å². The zero-order valence-corrected chi connectivity index (χ0v) is 11.1. The Kier molecular flexibility index (Phi) is 3.06. The fraction of sp³-hybridized carbons (Fsp3) is 0.538. The molecule has 16 heavy (non-hydrogen) atoms. The summed E-state index contributed by atoms with van der Waals surface area (Å²) >= 11 is 2.05. The highest BCUT2D eigenvalue weighted by atomic mass is 32.2. The van der Waals surface area contributed by atoms with Crippen LogP contribution in [-0.4, -0.2) is 23.6 Å². The molecule has 0 unspecified atom stereocenters. The monoisotopic (exact) mass is 236 g/mol. The van der Waals surface area contributed by atoms with E-state index in [9.17, 15) is 0 Å². The molecule has 88 valence electrons. The summed E-state index contributed by atoms with van der Waals surface area (Å²) < 4.78 is 0.326. The molecule has 1 aliphatic heterocycles. The van der Waals surface area contributed by atoms with Gasteiger partial charge in [-0.25, -0.2) is 0 Å². The lowest BCUT2D eigenvalue weighted by Gasteiger charge is -2.40. The molecule has 0 spiro atoms. The van der Waals surface area contributed by atoms with Gasteiger partial charge in [0.1, 0.15) is 0 Å². The van der Waals surface area contributed by atoms with Crippen LogP contribution in [0.3, 0.4) is 0 Å². The molecule has 0 saturated carbocycles. The second-order valence-electron chi connectivity index (χ2n) is 5.04. The molecule has 2 rings (SSSR count). The summed E-state index contributed by atoms with van der Waals surface area (Å²) in [7, 11) is 0. The van der Waals surface area contributed by atoms with E-state index in [-0.39, 0.29) is 0 Å². The Morgan fingerprint density at radius 1 is 1.38 bits per heavy atom. The molecule has 0 aromatic heterocycles. The first kappa shape index (κ1) is 11.6. The molecule has 1 fully saturated rings. The SMILES string of the molecule is Cc1cccc(N)c1N1CCSC(C)(C)C1. The van der Waals surface area contributed by atoms with Crippen LogP contribution in [0.15, 0.2) is 18.2 Å². The molecule has 0 aliphatic carbocycles. The molecule has 0 bridgehead atoms. The van der Waals surface area contributed by atoms with Crippen molar-refractivity contribution >= 4 is 23.1 Å². The van der Waals surface area contributed by atoms with Crippen molar-refractivity contribution in [3.05, 3.63) is 23.8 Å². The Labute approximate surface area is 102 Å². The maximum absolute atomic E-state index is 6.09. The highest BCUT2D eigenvalue weighted by molar-refractivity contribution is 8.00. The fourth-order valence-corrected chi connectivity index (χ4v) is 3.43. The van der Waals surface area contributed by atoms with Gasteiger partial charge >= 0.3 is 0 Å². The Bertz CT molecular complexity index is 367. The number of nitrogen functional groups attached to an aromatic ring is 1. The minimum atomic E-state index is 0.326. The van der Waals surface area contributed by atoms with E-state index in [1.54, 1.807) is 0 Å².